The van der Waals surface area contributed by atoms with Crippen molar-refractivity contribution in [2.45, 2.75) is 64.3 Å². The largest absolute Gasteiger partial charge is 0.480 e. The van der Waals surface area contributed by atoms with Gasteiger partial charge in [0.15, 0.2) is 0 Å². The van der Waals surface area contributed by atoms with E-state index in [1.54, 1.807) is 20.8 Å². The summed E-state index contributed by atoms with van der Waals surface area (Å²) in [4.78, 5) is 24.1. The standard InChI is InChI=1S/C13H22FNO4/c1-5-6-13(14)7-9(10(16)17)15(8-13)11(18)19-12(2,3)4/h9H,5-8H2,1-4H3,(H,16,17)/t9-,13?/m0/s1. The fraction of sp³-hybridized carbons (Fsp3) is 0.846. The van der Waals surface area contributed by atoms with Gasteiger partial charge < -0.3 is 9.84 Å². The van der Waals surface area contributed by atoms with Crippen molar-refractivity contribution in [2.24, 2.45) is 0 Å². The lowest BCUT2D eigenvalue weighted by Gasteiger charge is -2.27. The molecule has 0 aromatic heterocycles. The van der Waals surface area contributed by atoms with Crippen LogP contribution in [-0.4, -0.2) is 45.9 Å². The Bertz CT molecular complexity index is 366. The van der Waals surface area contributed by atoms with Gasteiger partial charge in [-0.1, -0.05) is 13.3 Å². The Morgan fingerprint density at radius 2 is 2.05 bits per heavy atom. The van der Waals surface area contributed by atoms with Crippen molar-refractivity contribution in [1.29, 1.82) is 0 Å². The predicted octanol–water partition coefficient (Wildman–Crippen LogP) is 2.59. The van der Waals surface area contributed by atoms with Crippen LogP contribution in [0.1, 0.15) is 47.0 Å². The van der Waals surface area contributed by atoms with E-state index in [-0.39, 0.29) is 19.4 Å². The molecule has 1 aliphatic heterocycles. The van der Waals surface area contributed by atoms with Gasteiger partial charge in [-0.15, -0.1) is 0 Å². The van der Waals surface area contributed by atoms with E-state index in [4.69, 9.17) is 9.84 Å². The molecule has 2 atom stereocenters. The molecule has 0 spiro atoms. The number of nitrogens with zero attached hydrogens (tertiary/aromatic N) is 1. The van der Waals surface area contributed by atoms with Crippen LogP contribution in [0.5, 0.6) is 0 Å². The summed E-state index contributed by atoms with van der Waals surface area (Å²) in [5, 5.41) is 9.12. The van der Waals surface area contributed by atoms with E-state index in [2.05, 4.69) is 0 Å². The van der Waals surface area contributed by atoms with Crippen LogP contribution in [0.3, 0.4) is 0 Å². The highest BCUT2D eigenvalue weighted by Gasteiger charge is 2.50. The minimum atomic E-state index is -1.63. The Kier molecular flexibility index (Phi) is 4.43. The first-order valence-electron chi connectivity index (χ1n) is 6.49. The van der Waals surface area contributed by atoms with Gasteiger partial charge in [-0.25, -0.2) is 14.0 Å². The average Bonchev–Trinajstić information content (AvgIpc) is 2.54. The van der Waals surface area contributed by atoms with Crippen molar-refractivity contribution in [1.82, 2.24) is 4.90 Å². The van der Waals surface area contributed by atoms with Gasteiger partial charge in [-0.3, -0.25) is 4.90 Å². The average molecular weight is 275 g/mol. The number of carboxylic acids is 1. The summed E-state index contributed by atoms with van der Waals surface area (Å²) in [5.41, 5.74) is -2.36. The lowest BCUT2D eigenvalue weighted by atomic mass is 9.97. The highest BCUT2D eigenvalue weighted by molar-refractivity contribution is 5.81. The first-order chi connectivity index (χ1) is 8.58. The van der Waals surface area contributed by atoms with Crippen LogP contribution in [0.2, 0.25) is 0 Å². The molecule has 1 N–H and O–H groups in total. The molecule has 0 radical (unpaired) electrons. The van der Waals surface area contributed by atoms with E-state index in [0.29, 0.717) is 6.42 Å². The molecule has 110 valence electrons. The van der Waals surface area contributed by atoms with Gasteiger partial charge >= 0.3 is 12.1 Å². The predicted molar refractivity (Wildman–Crippen MR) is 67.7 cm³/mol. The summed E-state index contributed by atoms with van der Waals surface area (Å²) in [6, 6.07) is -1.15. The molecule has 0 saturated carbocycles. The molecular formula is C13H22FNO4. The zero-order chi connectivity index (χ0) is 14.8. The lowest BCUT2D eigenvalue weighted by molar-refractivity contribution is -0.142. The SMILES string of the molecule is CCCC1(F)C[C@@H](C(=O)O)N(C(=O)OC(C)(C)C)C1. The number of alkyl halides is 1. The molecule has 1 aliphatic rings. The van der Waals surface area contributed by atoms with Gasteiger partial charge in [-0.2, -0.15) is 0 Å². The van der Waals surface area contributed by atoms with E-state index in [1.807, 2.05) is 6.92 Å². The Hall–Kier alpha value is -1.33. The minimum Gasteiger partial charge on any atom is -0.480 e. The maximum Gasteiger partial charge on any atom is 0.411 e. The monoisotopic (exact) mass is 275 g/mol. The fourth-order valence-electron chi connectivity index (χ4n) is 2.30. The third-order valence-electron chi connectivity index (χ3n) is 3.00. The van der Waals surface area contributed by atoms with Crippen molar-refractivity contribution >= 4 is 12.1 Å². The second-order valence-electron chi connectivity index (χ2n) is 6.07. The second-order valence-corrected chi connectivity index (χ2v) is 6.07. The van der Waals surface area contributed by atoms with Crippen LogP contribution < -0.4 is 0 Å². The number of amides is 1. The van der Waals surface area contributed by atoms with E-state index >= 15 is 0 Å². The molecule has 0 aromatic carbocycles. The summed E-state index contributed by atoms with van der Waals surface area (Å²) < 4.78 is 19.6. The quantitative estimate of drug-likeness (QED) is 0.859. The number of carbonyl (C=O) groups is 2. The van der Waals surface area contributed by atoms with E-state index in [9.17, 15) is 14.0 Å². The Balaban J connectivity index is 2.85. The second kappa shape index (κ2) is 5.35. The minimum absolute atomic E-state index is 0.171. The van der Waals surface area contributed by atoms with Crippen molar-refractivity contribution in [2.75, 3.05) is 6.54 Å². The third kappa shape index (κ3) is 4.08. The van der Waals surface area contributed by atoms with E-state index in [0.717, 1.165) is 4.90 Å². The van der Waals surface area contributed by atoms with Crippen molar-refractivity contribution in [3.63, 3.8) is 0 Å². The maximum absolute atomic E-state index is 14.5. The van der Waals surface area contributed by atoms with Crippen molar-refractivity contribution in [3.8, 4) is 0 Å². The number of carboxylic acid groups (broad SMARTS) is 1. The molecule has 1 fully saturated rings. The Morgan fingerprint density at radius 3 is 2.47 bits per heavy atom. The molecule has 1 unspecified atom stereocenters. The van der Waals surface area contributed by atoms with Gasteiger partial charge in [0.25, 0.3) is 0 Å². The number of halogens is 1. The molecule has 1 heterocycles. The molecule has 0 bridgehead atoms. The molecule has 0 aliphatic carbocycles. The summed E-state index contributed by atoms with van der Waals surface area (Å²) in [6.07, 6.45) is -0.0910. The summed E-state index contributed by atoms with van der Waals surface area (Å²) in [7, 11) is 0. The smallest absolute Gasteiger partial charge is 0.411 e. The lowest BCUT2D eigenvalue weighted by Crippen LogP contribution is -2.43. The van der Waals surface area contributed by atoms with Gasteiger partial charge in [0, 0.05) is 6.42 Å². The van der Waals surface area contributed by atoms with Crippen LogP contribution >= 0.6 is 0 Å². The van der Waals surface area contributed by atoms with Crippen LogP contribution in [-0.2, 0) is 9.53 Å². The highest BCUT2D eigenvalue weighted by Crippen LogP contribution is 2.35. The van der Waals surface area contributed by atoms with Crippen LogP contribution in [0.25, 0.3) is 0 Å². The normalized spacial score (nSPS) is 27.4. The number of hydrogen-bond acceptors (Lipinski definition) is 3. The zero-order valence-electron chi connectivity index (χ0n) is 11.9. The zero-order valence-corrected chi connectivity index (χ0v) is 11.9. The first-order valence-corrected chi connectivity index (χ1v) is 6.49. The van der Waals surface area contributed by atoms with Crippen LogP contribution in [0.4, 0.5) is 9.18 Å². The van der Waals surface area contributed by atoms with Crippen molar-refractivity contribution in [3.05, 3.63) is 0 Å². The first kappa shape index (κ1) is 15.7. The topological polar surface area (TPSA) is 66.8 Å². The molecule has 6 heteroatoms. The number of likely N-dealkylation sites (tertiary alicyclic amines) is 1. The number of aliphatic carboxylic acids is 1. The highest BCUT2D eigenvalue weighted by atomic mass is 19.1. The maximum atomic E-state index is 14.5. The van der Waals surface area contributed by atoms with Crippen LogP contribution in [0.15, 0.2) is 0 Å². The Morgan fingerprint density at radius 1 is 1.47 bits per heavy atom. The third-order valence-corrected chi connectivity index (χ3v) is 3.00. The van der Waals surface area contributed by atoms with Gasteiger partial charge in [0.05, 0.1) is 6.54 Å². The van der Waals surface area contributed by atoms with E-state index in [1.165, 1.54) is 0 Å². The summed E-state index contributed by atoms with van der Waals surface area (Å²) >= 11 is 0. The van der Waals surface area contributed by atoms with E-state index < -0.39 is 29.4 Å². The molecular weight excluding hydrogens is 253 g/mol. The molecule has 0 aromatic rings. The Labute approximate surface area is 112 Å². The van der Waals surface area contributed by atoms with Gasteiger partial charge in [-0.05, 0) is 27.2 Å². The number of hydrogen-bond donors (Lipinski definition) is 1. The number of carbonyl (C=O) groups excluding carboxylic acids is 1. The van der Waals surface area contributed by atoms with Gasteiger partial charge in [0.2, 0.25) is 0 Å². The molecule has 1 rings (SSSR count). The van der Waals surface area contributed by atoms with Crippen molar-refractivity contribution < 1.29 is 23.8 Å². The number of rotatable bonds is 3. The molecule has 1 amide bonds. The van der Waals surface area contributed by atoms with Gasteiger partial charge in [0.1, 0.15) is 17.3 Å². The molecule has 1 saturated heterocycles. The fourth-order valence-corrected chi connectivity index (χ4v) is 2.30. The summed E-state index contributed by atoms with van der Waals surface area (Å²) in [6.45, 7) is 6.67. The molecule has 19 heavy (non-hydrogen) atoms. The van der Waals surface area contributed by atoms with Crippen LogP contribution in [0, 0.1) is 0 Å². The molecule has 5 nitrogen and oxygen atoms in total. The number of ether oxygens (including phenoxy) is 1. The summed E-state index contributed by atoms with van der Waals surface area (Å²) in [5.74, 6) is -1.19.